The molecule has 24 heavy (non-hydrogen) atoms. The number of hydrogen-bond acceptors (Lipinski definition) is 5. The molecule has 0 radical (unpaired) electrons. The van der Waals surface area contributed by atoms with E-state index in [1.807, 2.05) is 12.1 Å². The Hall–Kier alpha value is -1.89. The van der Waals surface area contributed by atoms with Gasteiger partial charge in [0.1, 0.15) is 0 Å². The van der Waals surface area contributed by atoms with E-state index >= 15 is 0 Å². The van der Waals surface area contributed by atoms with E-state index in [4.69, 9.17) is 0 Å². The molecule has 1 saturated carbocycles. The standard InChI is InChI=1S/C17H23N5OS/c1-3-13(4-2)19-15(23)11-24-17-21-20-16(22(17)14-5-6-14)12-7-9-18-10-8-12/h7-10,13-14H,3-6,11H2,1-2H3,(H,19,23). The molecule has 1 amide bonds. The van der Waals surface area contributed by atoms with E-state index in [0.29, 0.717) is 11.8 Å². The van der Waals surface area contributed by atoms with Crippen molar-refractivity contribution in [3.05, 3.63) is 24.5 Å². The first-order chi connectivity index (χ1) is 11.7. The second-order valence-corrected chi connectivity index (χ2v) is 6.96. The highest BCUT2D eigenvalue weighted by Gasteiger charge is 2.30. The van der Waals surface area contributed by atoms with Crippen LogP contribution in [0.5, 0.6) is 0 Å². The highest BCUT2D eigenvalue weighted by atomic mass is 32.2. The average Bonchev–Trinajstić information content (AvgIpc) is 3.37. The minimum absolute atomic E-state index is 0.0597. The summed E-state index contributed by atoms with van der Waals surface area (Å²) < 4.78 is 2.17. The number of nitrogens with zero attached hydrogens (tertiary/aromatic N) is 4. The molecule has 0 saturated heterocycles. The number of thioether (sulfide) groups is 1. The lowest BCUT2D eigenvalue weighted by molar-refractivity contribution is -0.119. The van der Waals surface area contributed by atoms with Crippen molar-refractivity contribution in [3.63, 3.8) is 0 Å². The molecule has 1 aliphatic rings. The predicted octanol–water partition coefficient (Wildman–Crippen LogP) is 3.07. The van der Waals surface area contributed by atoms with Crippen LogP contribution in [0.25, 0.3) is 11.4 Å². The molecular formula is C17H23N5OS. The molecule has 1 N–H and O–H groups in total. The zero-order chi connectivity index (χ0) is 16.9. The van der Waals surface area contributed by atoms with Gasteiger partial charge in [-0.3, -0.25) is 14.3 Å². The first kappa shape index (κ1) is 17.0. The molecule has 3 rings (SSSR count). The normalized spacial score (nSPS) is 14.1. The van der Waals surface area contributed by atoms with Crippen molar-refractivity contribution in [3.8, 4) is 11.4 Å². The van der Waals surface area contributed by atoms with Crippen molar-refractivity contribution in [1.29, 1.82) is 0 Å². The number of hydrogen-bond donors (Lipinski definition) is 1. The number of carbonyl (C=O) groups is 1. The fraction of sp³-hybridized carbons (Fsp3) is 0.529. The molecule has 0 unspecified atom stereocenters. The highest BCUT2D eigenvalue weighted by molar-refractivity contribution is 7.99. The Morgan fingerprint density at radius 3 is 2.62 bits per heavy atom. The molecule has 1 aliphatic carbocycles. The molecule has 2 aromatic heterocycles. The Kier molecular flexibility index (Phi) is 5.50. The monoisotopic (exact) mass is 345 g/mol. The van der Waals surface area contributed by atoms with Crippen LogP contribution in [0.2, 0.25) is 0 Å². The molecule has 0 bridgehead atoms. The van der Waals surface area contributed by atoms with E-state index in [-0.39, 0.29) is 11.9 Å². The zero-order valence-electron chi connectivity index (χ0n) is 14.1. The maximum atomic E-state index is 12.1. The minimum atomic E-state index is 0.0597. The quantitative estimate of drug-likeness (QED) is 0.744. The average molecular weight is 345 g/mol. The number of amides is 1. The Morgan fingerprint density at radius 2 is 2.00 bits per heavy atom. The Balaban J connectivity index is 1.70. The molecule has 0 aliphatic heterocycles. The van der Waals surface area contributed by atoms with Gasteiger partial charge < -0.3 is 5.32 Å². The molecule has 1 fully saturated rings. The Bertz CT molecular complexity index is 680. The maximum Gasteiger partial charge on any atom is 0.230 e. The third-order valence-corrected chi connectivity index (χ3v) is 5.14. The third-order valence-electron chi connectivity index (χ3n) is 4.20. The van der Waals surface area contributed by atoms with Gasteiger partial charge in [0.15, 0.2) is 11.0 Å². The van der Waals surface area contributed by atoms with Gasteiger partial charge in [-0.2, -0.15) is 0 Å². The summed E-state index contributed by atoms with van der Waals surface area (Å²) >= 11 is 1.46. The van der Waals surface area contributed by atoms with Crippen LogP contribution in [-0.4, -0.2) is 37.5 Å². The van der Waals surface area contributed by atoms with Crippen LogP contribution in [0.3, 0.4) is 0 Å². The summed E-state index contributed by atoms with van der Waals surface area (Å²) in [5.74, 6) is 1.30. The van der Waals surface area contributed by atoms with E-state index in [0.717, 1.165) is 42.2 Å². The lowest BCUT2D eigenvalue weighted by Crippen LogP contribution is -2.35. The smallest absolute Gasteiger partial charge is 0.230 e. The fourth-order valence-electron chi connectivity index (χ4n) is 2.63. The van der Waals surface area contributed by atoms with Crippen molar-refractivity contribution in [2.45, 2.75) is 56.8 Å². The van der Waals surface area contributed by atoms with Crippen molar-refractivity contribution >= 4 is 17.7 Å². The zero-order valence-corrected chi connectivity index (χ0v) is 14.9. The van der Waals surface area contributed by atoms with Gasteiger partial charge in [-0.15, -0.1) is 10.2 Å². The summed E-state index contributed by atoms with van der Waals surface area (Å²) in [7, 11) is 0. The second-order valence-electron chi connectivity index (χ2n) is 6.01. The van der Waals surface area contributed by atoms with Crippen LogP contribution in [-0.2, 0) is 4.79 Å². The van der Waals surface area contributed by atoms with E-state index in [1.165, 1.54) is 11.8 Å². The number of aromatic nitrogens is 4. The SMILES string of the molecule is CCC(CC)NC(=O)CSc1nnc(-c2ccncc2)n1C1CC1. The molecule has 6 nitrogen and oxygen atoms in total. The molecule has 0 aromatic carbocycles. The van der Waals surface area contributed by atoms with Gasteiger partial charge >= 0.3 is 0 Å². The van der Waals surface area contributed by atoms with Crippen LogP contribution in [0.4, 0.5) is 0 Å². The first-order valence-corrected chi connectivity index (χ1v) is 9.48. The predicted molar refractivity (Wildman–Crippen MR) is 94.8 cm³/mol. The molecule has 2 heterocycles. The Labute approximate surface area is 146 Å². The van der Waals surface area contributed by atoms with E-state index in [1.54, 1.807) is 12.4 Å². The van der Waals surface area contributed by atoms with Crippen molar-refractivity contribution in [1.82, 2.24) is 25.1 Å². The maximum absolute atomic E-state index is 12.1. The summed E-state index contributed by atoms with van der Waals surface area (Å²) in [6.45, 7) is 4.18. The van der Waals surface area contributed by atoms with Crippen LogP contribution in [0, 0.1) is 0 Å². The second kappa shape index (κ2) is 7.79. The topological polar surface area (TPSA) is 72.7 Å². The molecule has 2 aromatic rings. The summed E-state index contributed by atoms with van der Waals surface area (Å²) in [5.41, 5.74) is 1.01. The van der Waals surface area contributed by atoms with Gasteiger partial charge in [0.25, 0.3) is 0 Å². The molecule has 128 valence electrons. The largest absolute Gasteiger partial charge is 0.353 e. The van der Waals surface area contributed by atoms with Crippen LogP contribution in [0.15, 0.2) is 29.7 Å². The molecule has 7 heteroatoms. The van der Waals surface area contributed by atoms with Crippen molar-refractivity contribution < 1.29 is 4.79 Å². The Morgan fingerprint density at radius 1 is 1.29 bits per heavy atom. The highest BCUT2D eigenvalue weighted by Crippen LogP contribution is 2.40. The number of carbonyl (C=O) groups excluding carboxylic acids is 1. The summed E-state index contributed by atoms with van der Waals surface area (Å²) in [4.78, 5) is 16.2. The van der Waals surface area contributed by atoms with Crippen LogP contribution < -0.4 is 5.32 Å². The first-order valence-electron chi connectivity index (χ1n) is 8.50. The molecular weight excluding hydrogens is 322 g/mol. The summed E-state index contributed by atoms with van der Waals surface area (Å²) in [6, 6.07) is 4.59. The fourth-order valence-corrected chi connectivity index (χ4v) is 3.44. The number of rotatable bonds is 8. The molecule has 0 spiro atoms. The van der Waals surface area contributed by atoms with Crippen LogP contribution in [0.1, 0.15) is 45.6 Å². The van der Waals surface area contributed by atoms with Gasteiger partial charge in [-0.25, -0.2) is 0 Å². The van der Waals surface area contributed by atoms with Crippen molar-refractivity contribution in [2.75, 3.05) is 5.75 Å². The number of nitrogens with one attached hydrogen (secondary N) is 1. The van der Waals surface area contributed by atoms with Crippen LogP contribution >= 0.6 is 11.8 Å². The van der Waals surface area contributed by atoms with Gasteiger partial charge in [-0.05, 0) is 37.8 Å². The third kappa shape index (κ3) is 3.95. The van der Waals surface area contributed by atoms with Gasteiger partial charge in [0.05, 0.1) is 5.75 Å². The van der Waals surface area contributed by atoms with E-state index in [9.17, 15) is 4.79 Å². The van der Waals surface area contributed by atoms with E-state index in [2.05, 4.69) is 38.9 Å². The summed E-state index contributed by atoms with van der Waals surface area (Å²) in [5, 5.41) is 12.6. The van der Waals surface area contributed by atoms with Gasteiger partial charge in [0.2, 0.25) is 5.91 Å². The lowest BCUT2D eigenvalue weighted by atomic mass is 10.2. The minimum Gasteiger partial charge on any atom is -0.353 e. The summed E-state index contributed by atoms with van der Waals surface area (Å²) in [6.07, 6.45) is 7.72. The van der Waals surface area contributed by atoms with E-state index < -0.39 is 0 Å². The lowest BCUT2D eigenvalue weighted by Gasteiger charge is -2.14. The van der Waals surface area contributed by atoms with Gasteiger partial charge in [0, 0.05) is 30.0 Å². The number of pyridine rings is 1. The molecule has 0 atom stereocenters. The van der Waals surface area contributed by atoms with Gasteiger partial charge in [-0.1, -0.05) is 25.6 Å². The van der Waals surface area contributed by atoms with Crippen molar-refractivity contribution in [2.24, 2.45) is 0 Å².